The first kappa shape index (κ1) is 17.2. The Kier molecular flexibility index (Phi) is 5.58. The number of nitrogens with zero attached hydrogens (tertiary/aromatic N) is 2. The predicted molar refractivity (Wildman–Crippen MR) is 89.0 cm³/mol. The Morgan fingerprint density at radius 2 is 2.22 bits per heavy atom. The number of thiazole rings is 1. The quantitative estimate of drug-likeness (QED) is 0.573. The number of esters is 1. The third kappa shape index (κ3) is 4.00. The second-order valence-electron chi connectivity index (χ2n) is 4.53. The zero-order valence-electron chi connectivity index (χ0n) is 12.5. The maximum absolute atomic E-state index is 12.1. The lowest BCUT2D eigenvalue weighted by atomic mass is 10.2. The van der Waals surface area contributed by atoms with Crippen molar-refractivity contribution in [3.05, 3.63) is 42.9 Å². The summed E-state index contributed by atoms with van der Waals surface area (Å²) in [6.07, 6.45) is 0. The minimum absolute atomic E-state index is 0.188. The van der Waals surface area contributed by atoms with E-state index in [1.54, 1.807) is 19.2 Å². The van der Waals surface area contributed by atoms with E-state index in [9.17, 15) is 9.59 Å². The van der Waals surface area contributed by atoms with Crippen LogP contribution in [0.15, 0.2) is 26.8 Å². The third-order valence-electron chi connectivity index (χ3n) is 2.92. The number of rotatable bonds is 5. The van der Waals surface area contributed by atoms with Crippen molar-refractivity contribution in [2.75, 3.05) is 6.61 Å². The lowest BCUT2D eigenvalue weighted by Crippen LogP contribution is -2.24. The van der Waals surface area contributed by atoms with Gasteiger partial charge in [-0.3, -0.25) is 9.36 Å². The van der Waals surface area contributed by atoms with Crippen molar-refractivity contribution >= 4 is 33.2 Å². The van der Waals surface area contributed by atoms with Crippen LogP contribution in [0.25, 0.3) is 0 Å². The summed E-state index contributed by atoms with van der Waals surface area (Å²) in [5.41, 5.74) is 1.07. The molecule has 120 valence electrons. The molecule has 0 saturated carbocycles. The molecule has 23 heavy (non-hydrogen) atoms. The van der Waals surface area contributed by atoms with Crippen LogP contribution in [0.5, 0.6) is 11.5 Å². The van der Waals surface area contributed by atoms with Gasteiger partial charge in [0.05, 0.1) is 22.7 Å². The van der Waals surface area contributed by atoms with Gasteiger partial charge in [-0.1, -0.05) is 11.3 Å². The van der Waals surface area contributed by atoms with Crippen molar-refractivity contribution < 1.29 is 14.3 Å². The standard InChI is InChI=1S/C15H13BrN2O4S/c1-3-21-12-5-10(6-17)4-11(16)14(12)22-13(19)7-18-9(2)8-23-15(18)20/h4-5,8H,3,7H2,1-2H3. The van der Waals surface area contributed by atoms with E-state index in [2.05, 4.69) is 15.9 Å². The van der Waals surface area contributed by atoms with Gasteiger partial charge in [-0.25, -0.2) is 4.79 Å². The molecule has 0 spiro atoms. The Balaban J connectivity index is 2.27. The first-order valence-corrected chi connectivity index (χ1v) is 8.35. The van der Waals surface area contributed by atoms with Gasteiger partial charge in [0.15, 0.2) is 11.5 Å². The summed E-state index contributed by atoms with van der Waals surface area (Å²) in [5, 5.41) is 10.7. The molecular weight excluding hydrogens is 384 g/mol. The fourth-order valence-corrected chi connectivity index (χ4v) is 3.12. The average molecular weight is 397 g/mol. The van der Waals surface area contributed by atoms with Gasteiger partial charge in [0, 0.05) is 17.1 Å². The van der Waals surface area contributed by atoms with Crippen LogP contribution in [-0.2, 0) is 11.3 Å². The van der Waals surface area contributed by atoms with Gasteiger partial charge >= 0.3 is 10.8 Å². The lowest BCUT2D eigenvalue weighted by molar-refractivity contribution is -0.135. The summed E-state index contributed by atoms with van der Waals surface area (Å²) in [4.78, 5) is 23.6. The Bertz CT molecular complexity index is 835. The van der Waals surface area contributed by atoms with Gasteiger partial charge in [0.2, 0.25) is 0 Å². The summed E-state index contributed by atoms with van der Waals surface area (Å²) in [7, 11) is 0. The number of aryl methyl sites for hydroxylation is 1. The second kappa shape index (κ2) is 7.44. The molecule has 1 heterocycles. The van der Waals surface area contributed by atoms with Crippen molar-refractivity contribution in [2.45, 2.75) is 20.4 Å². The molecule has 0 atom stereocenters. The first-order valence-electron chi connectivity index (χ1n) is 6.68. The highest BCUT2D eigenvalue weighted by Gasteiger charge is 2.17. The van der Waals surface area contributed by atoms with Gasteiger partial charge in [-0.2, -0.15) is 5.26 Å². The Morgan fingerprint density at radius 1 is 1.48 bits per heavy atom. The van der Waals surface area contributed by atoms with Crippen LogP contribution < -0.4 is 14.3 Å². The summed E-state index contributed by atoms with van der Waals surface area (Å²) in [6.45, 7) is 3.70. The van der Waals surface area contributed by atoms with Gasteiger partial charge < -0.3 is 9.47 Å². The highest BCUT2D eigenvalue weighted by molar-refractivity contribution is 9.10. The highest BCUT2D eigenvalue weighted by Crippen LogP contribution is 2.37. The molecule has 0 N–H and O–H groups in total. The Labute approximate surface area is 145 Å². The largest absolute Gasteiger partial charge is 0.490 e. The number of nitriles is 1. The van der Waals surface area contributed by atoms with Crippen LogP contribution in [0.1, 0.15) is 18.2 Å². The zero-order chi connectivity index (χ0) is 17.0. The molecule has 1 aromatic carbocycles. The number of ether oxygens (including phenoxy) is 2. The molecule has 8 heteroatoms. The van der Waals surface area contributed by atoms with Crippen LogP contribution in [0.4, 0.5) is 0 Å². The summed E-state index contributed by atoms with van der Waals surface area (Å²) in [5.74, 6) is -0.113. The smallest absolute Gasteiger partial charge is 0.331 e. The predicted octanol–water partition coefficient (Wildman–Crippen LogP) is 2.86. The van der Waals surface area contributed by atoms with E-state index in [1.807, 2.05) is 6.07 Å². The average Bonchev–Trinajstić information content (AvgIpc) is 2.82. The maximum atomic E-state index is 12.1. The van der Waals surface area contributed by atoms with Crippen LogP contribution in [0, 0.1) is 18.3 Å². The second-order valence-corrected chi connectivity index (χ2v) is 6.21. The van der Waals surface area contributed by atoms with E-state index >= 15 is 0 Å². The number of benzene rings is 1. The molecule has 0 bridgehead atoms. The fourth-order valence-electron chi connectivity index (χ4n) is 1.87. The van der Waals surface area contributed by atoms with E-state index in [0.29, 0.717) is 28.1 Å². The molecule has 0 radical (unpaired) electrons. The number of aromatic nitrogens is 1. The zero-order valence-corrected chi connectivity index (χ0v) is 14.9. The van der Waals surface area contributed by atoms with Crippen LogP contribution in [-0.4, -0.2) is 17.1 Å². The number of hydrogen-bond acceptors (Lipinski definition) is 6. The van der Waals surface area contributed by atoms with Gasteiger partial charge in [0.1, 0.15) is 6.54 Å². The summed E-state index contributed by atoms with van der Waals surface area (Å²) in [6, 6.07) is 5.04. The molecule has 0 aliphatic heterocycles. The van der Waals surface area contributed by atoms with E-state index in [0.717, 1.165) is 11.3 Å². The molecule has 0 fully saturated rings. The van der Waals surface area contributed by atoms with E-state index in [1.165, 1.54) is 16.7 Å². The third-order valence-corrected chi connectivity index (χ3v) is 4.39. The summed E-state index contributed by atoms with van der Waals surface area (Å²) < 4.78 is 12.5. The molecule has 2 rings (SSSR count). The van der Waals surface area contributed by atoms with Gasteiger partial charge in [-0.05, 0) is 35.8 Å². The van der Waals surface area contributed by atoms with Crippen molar-refractivity contribution in [1.29, 1.82) is 5.26 Å². The van der Waals surface area contributed by atoms with E-state index in [-0.39, 0.29) is 17.2 Å². The lowest BCUT2D eigenvalue weighted by Gasteiger charge is -2.13. The number of carbonyl (C=O) groups excluding carboxylic acids is 1. The van der Waals surface area contributed by atoms with E-state index < -0.39 is 5.97 Å². The van der Waals surface area contributed by atoms with Crippen LogP contribution >= 0.6 is 27.3 Å². The Morgan fingerprint density at radius 3 is 2.78 bits per heavy atom. The van der Waals surface area contributed by atoms with Gasteiger partial charge in [-0.15, -0.1) is 0 Å². The van der Waals surface area contributed by atoms with Gasteiger partial charge in [0.25, 0.3) is 0 Å². The monoisotopic (exact) mass is 396 g/mol. The molecule has 6 nitrogen and oxygen atoms in total. The van der Waals surface area contributed by atoms with Crippen LogP contribution in [0.2, 0.25) is 0 Å². The molecule has 0 saturated heterocycles. The normalized spacial score (nSPS) is 10.2. The summed E-state index contributed by atoms with van der Waals surface area (Å²) >= 11 is 4.30. The molecule has 1 aromatic heterocycles. The fraction of sp³-hybridized carbons (Fsp3) is 0.267. The van der Waals surface area contributed by atoms with E-state index in [4.69, 9.17) is 14.7 Å². The number of carbonyl (C=O) groups is 1. The maximum Gasteiger partial charge on any atom is 0.331 e. The van der Waals surface area contributed by atoms with Crippen molar-refractivity contribution in [3.8, 4) is 17.6 Å². The minimum Gasteiger partial charge on any atom is -0.490 e. The molecule has 0 aliphatic rings. The first-order chi connectivity index (χ1) is 11.0. The topological polar surface area (TPSA) is 81.3 Å². The van der Waals surface area contributed by atoms with Crippen molar-refractivity contribution in [2.24, 2.45) is 0 Å². The molecule has 2 aromatic rings. The molecule has 0 unspecified atom stereocenters. The number of hydrogen-bond donors (Lipinski definition) is 0. The Hall–Kier alpha value is -2.11. The molecule has 0 amide bonds. The highest BCUT2D eigenvalue weighted by atomic mass is 79.9. The van der Waals surface area contributed by atoms with Crippen molar-refractivity contribution in [1.82, 2.24) is 4.57 Å². The van der Waals surface area contributed by atoms with Crippen molar-refractivity contribution in [3.63, 3.8) is 0 Å². The number of halogens is 1. The molecule has 0 aliphatic carbocycles. The SMILES string of the molecule is CCOc1cc(C#N)cc(Br)c1OC(=O)Cn1c(C)csc1=O. The molecular formula is C15H13BrN2O4S. The minimum atomic E-state index is -0.597. The van der Waals surface area contributed by atoms with Crippen LogP contribution in [0.3, 0.4) is 0 Å².